The van der Waals surface area contributed by atoms with Crippen LogP contribution >= 0.6 is 0 Å². The van der Waals surface area contributed by atoms with Crippen molar-refractivity contribution in [1.29, 1.82) is 0 Å². The highest BCUT2D eigenvalue weighted by atomic mass is 16.5. The van der Waals surface area contributed by atoms with Crippen molar-refractivity contribution in [3.63, 3.8) is 0 Å². The van der Waals surface area contributed by atoms with Gasteiger partial charge in [0.1, 0.15) is 0 Å². The molecule has 0 aliphatic carbocycles. The van der Waals surface area contributed by atoms with E-state index in [1.165, 1.54) is 0 Å². The number of carbonyl (C=O) groups is 1. The summed E-state index contributed by atoms with van der Waals surface area (Å²) in [4.78, 5) is 10.7. The van der Waals surface area contributed by atoms with Gasteiger partial charge in [-0.1, -0.05) is 38.1 Å². The Hall–Kier alpha value is -1.39. The predicted molar refractivity (Wildman–Crippen MR) is 77.6 cm³/mol. The summed E-state index contributed by atoms with van der Waals surface area (Å²) in [5.41, 5.74) is 1.21. The first-order chi connectivity index (χ1) is 9.12. The van der Waals surface area contributed by atoms with Gasteiger partial charge in [-0.25, -0.2) is 0 Å². The molecule has 0 amide bonds. The van der Waals surface area contributed by atoms with Crippen molar-refractivity contribution in [3.8, 4) is 0 Å². The third-order valence-electron chi connectivity index (χ3n) is 3.22. The molecule has 0 saturated heterocycles. The second-order valence-electron chi connectivity index (χ2n) is 6.50. The molecule has 0 bridgehead atoms. The number of benzene rings is 1. The van der Waals surface area contributed by atoms with Gasteiger partial charge in [0.05, 0.1) is 12.5 Å². The molecule has 20 heavy (non-hydrogen) atoms. The number of hydrogen-bond acceptors (Lipinski definition) is 2. The van der Waals surface area contributed by atoms with Crippen LogP contribution in [0, 0.1) is 5.92 Å². The van der Waals surface area contributed by atoms with Crippen molar-refractivity contribution < 1.29 is 15.1 Å². The number of hydroxylamine groups is 2. The van der Waals surface area contributed by atoms with E-state index in [-0.39, 0.29) is 18.4 Å². The van der Waals surface area contributed by atoms with Crippen molar-refractivity contribution in [2.24, 2.45) is 5.92 Å². The normalized spacial score (nSPS) is 13.8. The molecular formula is C16H24NO3. The van der Waals surface area contributed by atoms with E-state index in [1.807, 2.05) is 46.8 Å². The fraction of sp³-hybridized carbons (Fsp3) is 0.562. The van der Waals surface area contributed by atoms with Crippen LogP contribution in [0.3, 0.4) is 0 Å². The average Bonchev–Trinajstić information content (AvgIpc) is 2.29. The van der Waals surface area contributed by atoms with Gasteiger partial charge < -0.3 is 5.11 Å². The van der Waals surface area contributed by atoms with Gasteiger partial charge in [0.25, 0.3) is 0 Å². The van der Waals surface area contributed by atoms with E-state index in [2.05, 4.69) is 0 Å². The molecule has 1 radical (unpaired) electrons. The van der Waals surface area contributed by atoms with Crippen LogP contribution in [0.1, 0.15) is 51.8 Å². The molecule has 0 heterocycles. The van der Waals surface area contributed by atoms with Crippen LogP contribution < -0.4 is 0 Å². The van der Waals surface area contributed by atoms with Crippen LogP contribution in [0.25, 0.3) is 0 Å². The monoisotopic (exact) mass is 278 g/mol. The second kappa shape index (κ2) is 6.37. The lowest BCUT2D eigenvalue weighted by Gasteiger charge is -2.36. The number of nitrogens with zero attached hydrogens (tertiary/aromatic N) is 1. The molecular weight excluding hydrogens is 254 g/mol. The first kappa shape index (κ1) is 16.7. The van der Waals surface area contributed by atoms with Gasteiger partial charge in [-0.2, -0.15) is 0 Å². The number of aliphatic carboxylic acids is 1. The molecule has 1 N–H and O–H groups in total. The zero-order valence-electron chi connectivity index (χ0n) is 12.9. The number of carboxylic acids is 1. The van der Waals surface area contributed by atoms with Gasteiger partial charge in [0.15, 0.2) is 0 Å². The highest BCUT2D eigenvalue weighted by molar-refractivity contribution is 5.70. The van der Waals surface area contributed by atoms with Crippen molar-refractivity contribution in [2.75, 3.05) is 0 Å². The molecule has 111 valence electrons. The van der Waals surface area contributed by atoms with Crippen LogP contribution in [-0.2, 0) is 16.4 Å². The minimum absolute atomic E-state index is 0.00693. The van der Waals surface area contributed by atoms with Crippen LogP contribution in [0.15, 0.2) is 24.3 Å². The first-order valence-corrected chi connectivity index (χ1v) is 6.90. The summed E-state index contributed by atoms with van der Waals surface area (Å²) in [5, 5.41) is 22.4. The summed E-state index contributed by atoms with van der Waals surface area (Å²) in [6, 6.07) is 7.07. The molecule has 0 spiro atoms. The average molecular weight is 278 g/mol. The maximum absolute atomic E-state index is 12.5. The van der Waals surface area contributed by atoms with Gasteiger partial charge in [-0.05, 0) is 37.8 Å². The van der Waals surface area contributed by atoms with Crippen molar-refractivity contribution in [2.45, 2.75) is 52.6 Å². The Morgan fingerprint density at radius 1 is 1.20 bits per heavy atom. The van der Waals surface area contributed by atoms with E-state index in [4.69, 9.17) is 5.11 Å². The van der Waals surface area contributed by atoms with Gasteiger partial charge in [0, 0.05) is 5.54 Å². The molecule has 1 rings (SSSR count). The van der Waals surface area contributed by atoms with Gasteiger partial charge in [-0.15, -0.1) is 10.3 Å². The molecule has 1 aromatic rings. The summed E-state index contributed by atoms with van der Waals surface area (Å²) in [7, 11) is 0. The topological polar surface area (TPSA) is 60.4 Å². The molecule has 4 heteroatoms. The van der Waals surface area contributed by atoms with E-state index in [9.17, 15) is 10.0 Å². The SMILES string of the molecule is CC(C)C(c1ccc(CC(=O)O)cc1)N([O])C(C)(C)C. The van der Waals surface area contributed by atoms with Crippen LogP contribution in [-0.4, -0.2) is 21.7 Å². The summed E-state index contributed by atoms with van der Waals surface area (Å²) >= 11 is 0. The van der Waals surface area contributed by atoms with Crippen molar-refractivity contribution in [3.05, 3.63) is 35.4 Å². The Morgan fingerprint density at radius 2 is 1.70 bits per heavy atom. The lowest BCUT2D eigenvalue weighted by atomic mass is 9.91. The molecule has 1 unspecified atom stereocenters. The van der Waals surface area contributed by atoms with E-state index < -0.39 is 11.5 Å². The Balaban J connectivity index is 3.02. The number of hydrogen-bond donors (Lipinski definition) is 1. The summed E-state index contributed by atoms with van der Waals surface area (Å²) in [6.07, 6.45) is 0.00693. The minimum atomic E-state index is -0.849. The standard InChI is InChI=1S/C16H24NO3/c1-11(2)15(17(20)16(3,4)5)13-8-6-12(7-9-13)10-14(18)19/h6-9,11,15H,10H2,1-5H3,(H,18,19). The Bertz CT molecular complexity index is 446. The van der Waals surface area contributed by atoms with Crippen LogP contribution in [0.2, 0.25) is 0 Å². The lowest BCUT2D eigenvalue weighted by Crippen LogP contribution is -2.42. The maximum atomic E-state index is 12.5. The summed E-state index contributed by atoms with van der Waals surface area (Å²) in [6.45, 7) is 9.73. The van der Waals surface area contributed by atoms with Gasteiger partial charge in [-0.3, -0.25) is 4.79 Å². The predicted octanol–water partition coefficient (Wildman–Crippen LogP) is 3.46. The molecule has 0 saturated carbocycles. The van der Waals surface area contributed by atoms with Crippen LogP contribution in [0.5, 0.6) is 0 Å². The fourth-order valence-electron chi connectivity index (χ4n) is 2.22. The second-order valence-corrected chi connectivity index (χ2v) is 6.50. The maximum Gasteiger partial charge on any atom is 0.307 e. The Labute approximate surface area is 121 Å². The first-order valence-electron chi connectivity index (χ1n) is 6.90. The minimum Gasteiger partial charge on any atom is -0.481 e. The van der Waals surface area contributed by atoms with Crippen molar-refractivity contribution in [1.82, 2.24) is 5.06 Å². The lowest BCUT2D eigenvalue weighted by molar-refractivity contribution is -0.250. The molecule has 1 atom stereocenters. The molecule has 0 aliphatic rings. The number of rotatable bonds is 5. The number of carboxylic acid groups (broad SMARTS) is 1. The molecule has 1 aromatic carbocycles. The van der Waals surface area contributed by atoms with Gasteiger partial charge in [0.2, 0.25) is 0 Å². The van der Waals surface area contributed by atoms with Gasteiger partial charge >= 0.3 is 5.97 Å². The fourth-order valence-corrected chi connectivity index (χ4v) is 2.22. The Morgan fingerprint density at radius 3 is 2.05 bits per heavy atom. The Kier molecular flexibility index (Phi) is 5.31. The summed E-state index contributed by atoms with van der Waals surface area (Å²) < 4.78 is 0. The van der Waals surface area contributed by atoms with Crippen LogP contribution in [0.4, 0.5) is 0 Å². The highest BCUT2D eigenvalue weighted by Crippen LogP contribution is 2.32. The van der Waals surface area contributed by atoms with E-state index in [0.717, 1.165) is 16.2 Å². The van der Waals surface area contributed by atoms with E-state index >= 15 is 0 Å². The van der Waals surface area contributed by atoms with Crippen molar-refractivity contribution >= 4 is 5.97 Å². The molecule has 0 aromatic heterocycles. The summed E-state index contributed by atoms with van der Waals surface area (Å²) in [5.74, 6) is -0.671. The third-order valence-corrected chi connectivity index (χ3v) is 3.22. The molecule has 4 nitrogen and oxygen atoms in total. The zero-order valence-corrected chi connectivity index (χ0v) is 12.9. The smallest absolute Gasteiger partial charge is 0.307 e. The van der Waals surface area contributed by atoms with E-state index in [1.54, 1.807) is 12.1 Å². The largest absolute Gasteiger partial charge is 0.481 e. The molecule has 0 fully saturated rings. The van der Waals surface area contributed by atoms with E-state index in [0.29, 0.717) is 0 Å². The molecule has 0 aliphatic heterocycles. The zero-order chi connectivity index (χ0) is 15.5. The third kappa shape index (κ3) is 4.32. The quantitative estimate of drug-likeness (QED) is 0.839. The highest BCUT2D eigenvalue weighted by Gasteiger charge is 2.32.